The fraction of sp³-hybridized carbons (Fsp3) is 0.133. The van der Waals surface area contributed by atoms with Gasteiger partial charge in [0.05, 0.1) is 18.8 Å². The summed E-state index contributed by atoms with van der Waals surface area (Å²) in [7, 11) is 0. The summed E-state index contributed by atoms with van der Waals surface area (Å²) in [5.74, 6) is -0.513. The van der Waals surface area contributed by atoms with Gasteiger partial charge in [-0.3, -0.25) is 0 Å². The van der Waals surface area contributed by atoms with Crippen LogP contribution in [-0.4, -0.2) is 0 Å². The van der Waals surface area contributed by atoms with Crippen molar-refractivity contribution in [2.24, 2.45) is 0 Å². The fourth-order valence-corrected chi connectivity index (χ4v) is 1.87. The first kappa shape index (κ1) is 13.5. The van der Waals surface area contributed by atoms with Crippen LogP contribution >= 0.6 is 11.6 Å². The number of nitrogens with zero attached hydrogens (tertiary/aromatic N) is 1. The molecule has 2 aromatic rings. The van der Waals surface area contributed by atoms with Gasteiger partial charge in [0, 0.05) is 5.02 Å². The van der Waals surface area contributed by atoms with Crippen LogP contribution in [0, 0.1) is 17.1 Å². The van der Waals surface area contributed by atoms with Crippen LogP contribution in [0.3, 0.4) is 0 Å². The lowest BCUT2D eigenvalue weighted by Gasteiger charge is -2.05. The Labute approximate surface area is 116 Å². The zero-order chi connectivity index (χ0) is 13.7. The van der Waals surface area contributed by atoms with Gasteiger partial charge in [0.15, 0.2) is 0 Å². The molecule has 0 saturated carbocycles. The van der Waals surface area contributed by atoms with E-state index < -0.39 is 5.82 Å². The fourth-order valence-electron chi connectivity index (χ4n) is 1.66. The zero-order valence-corrected chi connectivity index (χ0v) is 10.8. The third kappa shape index (κ3) is 3.78. The molecule has 0 aliphatic rings. The predicted molar refractivity (Wildman–Crippen MR) is 71.1 cm³/mol. The smallest absolute Gasteiger partial charge is 0.140 e. The lowest BCUT2D eigenvalue weighted by molar-refractivity contribution is 0.107. The maximum Gasteiger partial charge on any atom is 0.140 e. The lowest BCUT2D eigenvalue weighted by atomic mass is 10.1. The number of ether oxygens (including phenoxy) is 1. The van der Waals surface area contributed by atoms with E-state index in [4.69, 9.17) is 21.6 Å². The third-order valence-corrected chi connectivity index (χ3v) is 2.81. The summed E-state index contributed by atoms with van der Waals surface area (Å²) in [5.41, 5.74) is 1.76. The normalized spacial score (nSPS) is 10.2. The Morgan fingerprint density at radius 1 is 1.11 bits per heavy atom. The van der Waals surface area contributed by atoms with E-state index in [9.17, 15) is 4.39 Å². The Morgan fingerprint density at radius 2 is 1.84 bits per heavy atom. The van der Waals surface area contributed by atoms with Crippen LogP contribution in [0.25, 0.3) is 0 Å². The maximum atomic E-state index is 13.1. The Hall–Kier alpha value is -1.89. The molecule has 0 heterocycles. The summed E-state index contributed by atoms with van der Waals surface area (Å²) in [6, 6.07) is 13.6. The maximum absolute atomic E-state index is 13.1. The van der Waals surface area contributed by atoms with Crippen LogP contribution < -0.4 is 0 Å². The molecule has 2 aromatic carbocycles. The van der Waals surface area contributed by atoms with Gasteiger partial charge in [-0.1, -0.05) is 29.8 Å². The first-order valence-electron chi connectivity index (χ1n) is 5.70. The number of halogens is 2. The van der Waals surface area contributed by atoms with Crippen molar-refractivity contribution >= 4 is 11.6 Å². The van der Waals surface area contributed by atoms with E-state index in [1.165, 1.54) is 12.1 Å². The van der Waals surface area contributed by atoms with E-state index in [0.717, 1.165) is 11.1 Å². The molecule has 2 nitrogen and oxygen atoms in total. The number of benzene rings is 2. The molecule has 0 aliphatic carbocycles. The number of nitriles is 1. The molecular weight excluding hydrogens is 265 g/mol. The van der Waals surface area contributed by atoms with Crippen molar-refractivity contribution in [3.63, 3.8) is 0 Å². The summed E-state index contributed by atoms with van der Waals surface area (Å²) >= 11 is 5.86. The second kappa shape index (κ2) is 6.33. The molecule has 0 unspecified atom stereocenters. The van der Waals surface area contributed by atoms with Crippen LogP contribution in [-0.2, 0) is 18.0 Å². The molecule has 0 amide bonds. The molecule has 2 rings (SSSR count). The summed E-state index contributed by atoms with van der Waals surface area (Å²) in [4.78, 5) is 0. The first-order valence-corrected chi connectivity index (χ1v) is 6.07. The quantitative estimate of drug-likeness (QED) is 0.843. The monoisotopic (exact) mass is 275 g/mol. The number of rotatable bonds is 4. The van der Waals surface area contributed by atoms with Crippen molar-refractivity contribution < 1.29 is 9.13 Å². The van der Waals surface area contributed by atoms with Gasteiger partial charge in [0.1, 0.15) is 11.9 Å². The van der Waals surface area contributed by atoms with Gasteiger partial charge in [0.2, 0.25) is 0 Å². The highest BCUT2D eigenvalue weighted by Gasteiger charge is 2.03. The molecule has 0 N–H and O–H groups in total. The molecule has 0 aromatic heterocycles. The minimum atomic E-state index is -0.513. The van der Waals surface area contributed by atoms with Crippen molar-refractivity contribution in [2.75, 3.05) is 0 Å². The third-order valence-electron chi connectivity index (χ3n) is 2.58. The minimum Gasteiger partial charge on any atom is -0.372 e. The number of hydrogen-bond donors (Lipinski definition) is 0. The molecule has 19 heavy (non-hydrogen) atoms. The summed E-state index contributed by atoms with van der Waals surface area (Å²) in [5, 5.41) is 9.39. The van der Waals surface area contributed by atoms with Crippen molar-refractivity contribution in [3.8, 4) is 6.07 Å². The lowest BCUT2D eigenvalue weighted by Crippen LogP contribution is -1.95. The average molecular weight is 276 g/mol. The van der Waals surface area contributed by atoms with E-state index >= 15 is 0 Å². The van der Waals surface area contributed by atoms with Crippen LogP contribution in [0.15, 0.2) is 42.5 Å². The van der Waals surface area contributed by atoms with E-state index in [-0.39, 0.29) is 5.56 Å². The molecular formula is C15H11ClFNO. The van der Waals surface area contributed by atoms with Gasteiger partial charge in [-0.05, 0) is 35.4 Å². The van der Waals surface area contributed by atoms with E-state index in [1.807, 2.05) is 18.2 Å². The largest absolute Gasteiger partial charge is 0.372 e. The van der Waals surface area contributed by atoms with Crippen LogP contribution in [0.2, 0.25) is 5.02 Å². The van der Waals surface area contributed by atoms with Gasteiger partial charge in [-0.2, -0.15) is 5.26 Å². The van der Waals surface area contributed by atoms with Crippen molar-refractivity contribution in [1.29, 1.82) is 5.26 Å². The van der Waals surface area contributed by atoms with Gasteiger partial charge in [0.25, 0.3) is 0 Å². The molecule has 0 aliphatic heterocycles. The SMILES string of the molecule is N#Cc1cc(COCc2cccc(Cl)c2)ccc1F. The Morgan fingerprint density at radius 3 is 2.53 bits per heavy atom. The Bertz CT molecular complexity index is 622. The Kier molecular flexibility index (Phi) is 4.51. The van der Waals surface area contributed by atoms with Crippen LogP contribution in [0.5, 0.6) is 0 Å². The summed E-state index contributed by atoms with van der Waals surface area (Å²) in [6.07, 6.45) is 0. The van der Waals surface area contributed by atoms with Gasteiger partial charge < -0.3 is 4.74 Å². The van der Waals surface area contributed by atoms with E-state index in [1.54, 1.807) is 18.2 Å². The predicted octanol–water partition coefficient (Wildman–Crippen LogP) is 4.07. The minimum absolute atomic E-state index is 0.0313. The van der Waals surface area contributed by atoms with E-state index in [2.05, 4.69) is 0 Å². The molecule has 96 valence electrons. The molecule has 0 radical (unpaired) electrons. The Balaban J connectivity index is 1.95. The standard InChI is InChI=1S/C15H11ClFNO/c16-14-3-1-2-11(7-14)9-19-10-12-4-5-15(17)13(6-12)8-18/h1-7H,9-10H2. The van der Waals surface area contributed by atoms with Crippen molar-refractivity contribution in [2.45, 2.75) is 13.2 Å². The van der Waals surface area contributed by atoms with Gasteiger partial charge >= 0.3 is 0 Å². The second-order valence-corrected chi connectivity index (χ2v) is 4.49. The van der Waals surface area contributed by atoms with Crippen molar-refractivity contribution in [1.82, 2.24) is 0 Å². The first-order chi connectivity index (χ1) is 9.19. The summed E-state index contributed by atoms with van der Waals surface area (Å²) < 4.78 is 18.6. The van der Waals surface area contributed by atoms with Crippen LogP contribution in [0.4, 0.5) is 4.39 Å². The highest BCUT2D eigenvalue weighted by atomic mass is 35.5. The second-order valence-electron chi connectivity index (χ2n) is 4.05. The molecule has 0 atom stereocenters. The molecule has 4 heteroatoms. The van der Waals surface area contributed by atoms with Crippen molar-refractivity contribution in [3.05, 3.63) is 70.0 Å². The summed E-state index contributed by atoms with van der Waals surface area (Å²) in [6.45, 7) is 0.737. The number of hydrogen-bond acceptors (Lipinski definition) is 2. The van der Waals surface area contributed by atoms with Crippen LogP contribution in [0.1, 0.15) is 16.7 Å². The van der Waals surface area contributed by atoms with Gasteiger partial charge in [-0.25, -0.2) is 4.39 Å². The highest BCUT2D eigenvalue weighted by molar-refractivity contribution is 6.30. The molecule has 0 spiro atoms. The topological polar surface area (TPSA) is 33.0 Å². The highest BCUT2D eigenvalue weighted by Crippen LogP contribution is 2.14. The van der Waals surface area contributed by atoms with E-state index in [0.29, 0.717) is 18.2 Å². The zero-order valence-electron chi connectivity index (χ0n) is 10.1. The van der Waals surface area contributed by atoms with Gasteiger partial charge in [-0.15, -0.1) is 0 Å². The average Bonchev–Trinajstić information content (AvgIpc) is 2.41. The molecule has 0 bridgehead atoms. The molecule has 0 fully saturated rings. The molecule has 0 saturated heterocycles.